The molecule has 140 valence electrons. The number of hydrogen-bond acceptors (Lipinski definition) is 3. The predicted molar refractivity (Wildman–Crippen MR) is 106 cm³/mol. The summed E-state index contributed by atoms with van der Waals surface area (Å²) in [6.45, 7) is 4.26. The Morgan fingerprint density at radius 1 is 1.12 bits per heavy atom. The molecule has 3 rings (SSSR count). The van der Waals surface area contributed by atoms with E-state index in [1.165, 1.54) is 5.56 Å². The Labute approximate surface area is 156 Å². The second-order valence-electron chi connectivity index (χ2n) is 7.55. The van der Waals surface area contributed by atoms with Crippen LogP contribution in [-0.4, -0.2) is 23.3 Å². The predicted octanol–water partition coefficient (Wildman–Crippen LogP) is 3.79. The van der Waals surface area contributed by atoms with E-state index in [0.717, 1.165) is 31.2 Å². The summed E-state index contributed by atoms with van der Waals surface area (Å²) in [6, 6.07) is 14.2. The van der Waals surface area contributed by atoms with Gasteiger partial charge in [-0.15, -0.1) is 0 Å². The lowest BCUT2D eigenvalue weighted by atomic mass is 9.83. The van der Waals surface area contributed by atoms with Gasteiger partial charge in [0.1, 0.15) is 0 Å². The first kappa shape index (κ1) is 18.9. The van der Waals surface area contributed by atoms with Crippen molar-refractivity contribution in [2.24, 2.45) is 5.73 Å². The first-order chi connectivity index (χ1) is 12.6. The Balaban J connectivity index is 1.58. The molecule has 1 fully saturated rings. The molecule has 1 aliphatic rings. The summed E-state index contributed by atoms with van der Waals surface area (Å²) in [6.07, 6.45) is 6.52. The lowest BCUT2D eigenvalue weighted by molar-refractivity contribution is 0.00325. The van der Waals surface area contributed by atoms with Gasteiger partial charge in [0, 0.05) is 17.8 Å². The smallest absolute Gasteiger partial charge is 0.253 e. The van der Waals surface area contributed by atoms with E-state index in [1.807, 2.05) is 32.2 Å². The molecule has 0 radical (unpaired) electrons. The first-order valence-electron chi connectivity index (χ1n) is 9.66. The lowest BCUT2D eigenvalue weighted by Crippen LogP contribution is -2.39. The number of nitrogens with zero attached hydrogens (tertiary/aromatic N) is 1. The molecule has 0 unspecified atom stereocenters. The zero-order valence-electron chi connectivity index (χ0n) is 15.8. The number of nitrogens with two attached hydrogens (primary N) is 1. The third-order valence-electron chi connectivity index (χ3n) is 5.58. The summed E-state index contributed by atoms with van der Waals surface area (Å²) in [7, 11) is 0. The zero-order chi connectivity index (χ0) is 18.5. The minimum absolute atomic E-state index is 0.0196. The Kier molecular flexibility index (Phi) is 6.28. The fourth-order valence-corrected chi connectivity index (χ4v) is 3.89. The van der Waals surface area contributed by atoms with Gasteiger partial charge in [0.05, 0.1) is 18.8 Å². The number of aryl methyl sites for hydroxylation is 1. The summed E-state index contributed by atoms with van der Waals surface area (Å²) >= 11 is 0. The van der Waals surface area contributed by atoms with Crippen LogP contribution in [0.4, 0.5) is 0 Å². The van der Waals surface area contributed by atoms with Gasteiger partial charge in [0.15, 0.2) is 0 Å². The molecule has 0 saturated heterocycles. The summed E-state index contributed by atoms with van der Waals surface area (Å²) in [4.78, 5) is 12.4. The van der Waals surface area contributed by atoms with Gasteiger partial charge in [-0.1, -0.05) is 36.4 Å². The second-order valence-corrected chi connectivity index (χ2v) is 7.55. The van der Waals surface area contributed by atoms with Crippen LogP contribution in [0, 0.1) is 6.92 Å². The number of pyridine rings is 1. The van der Waals surface area contributed by atoms with Gasteiger partial charge in [-0.25, -0.2) is 0 Å². The van der Waals surface area contributed by atoms with Crippen molar-refractivity contribution in [2.45, 2.75) is 63.6 Å². The quantitative estimate of drug-likeness (QED) is 0.859. The average molecular weight is 354 g/mol. The fourth-order valence-electron chi connectivity index (χ4n) is 3.89. The van der Waals surface area contributed by atoms with E-state index in [2.05, 4.69) is 30.3 Å². The maximum absolute atomic E-state index is 12.4. The zero-order valence-corrected chi connectivity index (χ0v) is 15.8. The SMILES string of the molecule is Cc1cccn([C@@H](COC2CCC(c3ccccc3)CC2)[C@@H](C)N)c1=O. The third kappa shape index (κ3) is 4.43. The maximum atomic E-state index is 12.4. The van der Waals surface area contributed by atoms with Crippen LogP contribution in [-0.2, 0) is 4.74 Å². The molecule has 2 aromatic rings. The van der Waals surface area contributed by atoms with Crippen LogP contribution in [0.3, 0.4) is 0 Å². The van der Waals surface area contributed by atoms with E-state index in [1.54, 1.807) is 4.57 Å². The molecule has 0 spiro atoms. The number of hydrogen-bond donors (Lipinski definition) is 1. The molecule has 0 amide bonds. The molecule has 4 nitrogen and oxygen atoms in total. The first-order valence-corrected chi connectivity index (χ1v) is 9.66. The van der Waals surface area contributed by atoms with Crippen LogP contribution in [0.15, 0.2) is 53.5 Å². The third-order valence-corrected chi connectivity index (χ3v) is 5.58. The monoisotopic (exact) mass is 354 g/mol. The highest BCUT2D eigenvalue weighted by Gasteiger charge is 2.25. The Bertz CT molecular complexity index is 746. The molecule has 1 saturated carbocycles. The van der Waals surface area contributed by atoms with Crippen molar-refractivity contribution in [1.82, 2.24) is 4.57 Å². The number of rotatable bonds is 6. The van der Waals surface area contributed by atoms with Crippen molar-refractivity contribution in [2.75, 3.05) is 6.61 Å². The minimum atomic E-state index is -0.143. The van der Waals surface area contributed by atoms with Crippen LogP contribution < -0.4 is 11.3 Å². The molecule has 1 aliphatic carbocycles. The van der Waals surface area contributed by atoms with E-state index in [9.17, 15) is 4.79 Å². The molecule has 26 heavy (non-hydrogen) atoms. The van der Waals surface area contributed by atoms with E-state index in [4.69, 9.17) is 10.5 Å². The summed E-state index contributed by atoms with van der Waals surface area (Å²) < 4.78 is 7.93. The Morgan fingerprint density at radius 3 is 2.46 bits per heavy atom. The molecule has 1 heterocycles. The maximum Gasteiger partial charge on any atom is 0.253 e. The number of benzene rings is 1. The molecule has 2 atom stereocenters. The van der Waals surface area contributed by atoms with Crippen LogP contribution in [0.25, 0.3) is 0 Å². The standard InChI is InChI=1S/C22H30N2O2/c1-16-7-6-14-24(22(16)25)21(17(2)23)15-26-20-12-10-19(11-13-20)18-8-4-3-5-9-18/h3-9,14,17,19-21H,10-13,15,23H2,1-2H3/t17-,19?,20?,21+/m1/s1. The van der Waals surface area contributed by atoms with Gasteiger partial charge < -0.3 is 15.0 Å². The number of ether oxygens (including phenoxy) is 1. The van der Waals surface area contributed by atoms with Gasteiger partial charge >= 0.3 is 0 Å². The van der Waals surface area contributed by atoms with Gasteiger partial charge in [0.25, 0.3) is 5.56 Å². The van der Waals surface area contributed by atoms with Crippen molar-refractivity contribution in [3.8, 4) is 0 Å². The Morgan fingerprint density at radius 2 is 1.81 bits per heavy atom. The van der Waals surface area contributed by atoms with Crippen molar-refractivity contribution < 1.29 is 4.74 Å². The van der Waals surface area contributed by atoms with E-state index >= 15 is 0 Å². The number of aromatic nitrogens is 1. The van der Waals surface area contributed by atoms with Crippen molar-refractivity contribution in [3.63, 3.8) is 0 Å². The van der Waals surface area contributed by atoms with Gasteiger partial charge in [-0.2, -0.15) is 0 Å². The van der Waals surface area contributed by atoms with Crippen LogP contribution in [0.2, 0.25) is 0 Å². The molecule has 0 bridgehead atoms. The highest BCUT2D eigenvalue weighted by atomic mass is 16.5. The van der Waals surface area contributed by atoms with Gasteiger partial charge in [0.2, 0.25) is 0 Å². The minimum Gasteiger partial charge on any atom is -0.376 e. The molecule has 1 aromatic carbocycles. The van der Waals surface area contributed by atoms with Crippen molar-refractivity contribution >= 4 is 0 Å². The molecular formula is C22H30N2O2. The van der Waals surface area contributed by atoms with Crippen LogP contribution in [0.5, 0.6) is 0 Å². The molecule has 1 aromatic heterocycles. The van der Waals surface area contributed by atoms with Crippen molar-refractivity contribution in [1.29, 1.82) is 0 Å². The van der Waals surface area contributed by atoms with Gasteiger partial charge in [-0.05, 0) is 57.1 Å². The second kappa shape index (κ2) is 8.65. The van der Waals surface area contributed by atoms with E-state index < -0.39 is 0 Å². The average Bonchev–Trinajstić information content (AvgIpc) is 2.66. The van der Waals surface area contributed by atoms with E-state index in [0.29, 0.717) is 12.5 Å². The van der Waals surface area contributed by atoms with Gasteiger partial charge in [-0.3, -0.25) is 4.79 Å². The molecular weight excluding hydrogens is 324 g/mol. The summed E-state index contributed by atoms with van der Waals surface area (Å²) in [5.41, 5.74) is 8.35. The van der Waals surface area contributed by atoms with E-state index in [-0.39, 0.29) is 23.7 Å². The summed E-state index contributed by atoms with van der Waals surface area (Å²) in [5.74, 6) is 0.639. The van der Waals surface area contributed by atoms with Crippen LogP contribution in [0.1, 0.15) is 55.7 Å². The molecule has 2 N–H and O–H groups in total. The largest absolute Gasteiger partial charge is 0.376 e. The summed E-state index contributed by atoms with van der Waals surface area (Å²) in [5, 5.41) is 0. The molecule has 0 aliphatic heterocycles. The van der Waals surface area contributed by atoms with Crippen LogP contribution >= 0.6 is 0 Å². The normalized spacial score (nSPS) is 22.7. The fraction of sp³-hybridized carbons (Fsp3) is 0.500. The topological polar surface area (TPSA) is 57.2 Å². The molecule has 4 heteroatoms. The lowest BCUT2D eigenvalue weighted by Gasteiger charge is -2.31. The van der Waals surface area contributed by atoms with Crippen molar-refractivity contribution in [3.05, 3.63) is 70.1 Å². The highest BCUT2D eigenvalue weighted by Crippen LogP contribution is 2.34. The Hall–Kier alpha value is -1.91. The highest BCUT2D eigenvalue weighted by molar-refractivity contribution is 5.20.